The summed E-state index contributed by atoms with van der Waals surface area (Å²) in [6, 6.07) is 9.73. The maximum Gasteiger partial charge on any atom is 0.306 e. The lowest BCUT2D eigenvalue weighted by Crippen LogP contribution is -2.38. The number of aliphatic carboxylic acids is 1. The van der Waals surface area contributed by atoms with Crippen LogP contribution in [-0.2, 0) is 4.79 Å². The molecule has 24 heavy (non-hydrogen) atoms. The lowest BCUT2D eigenvalue weighted by Gasteiger charge is -2.26. The molecule has 6 heteroatoms. The zero-order valence-corrected chi connectivity index (χ0v) is 14.3. The minimum Gasteiger partial charge on any atom is -0.481 e. The summed E-state index contributed by atoms with van der Waals surface area (Å²) in [5.74, 6) is -1.12. The van der Waals surface area contributed by atoms with Gasteiger partial charge in [-0.15, -0.1) is 11.3 Å². The molecule has 1 aliphatic rings. The molecule has 1 aliphatic carbocycles. The number of amides is 1. The minimum atomic E-state index is -0.732. The van der Waals surface area contributed by atoms with Gasteiger partial charge in [0.15, 0.2) is 0 Å². The summed E-state index contributed by atoms with van der Waals surface area (Å²) in [7, 11) is 0. The normalized spacial score (nSPS) is 20.5. The van der Waals surface area contributed by atoms with Gasteiger partial charge in [0.2, 0.25) is 0 Å². The van der Waals surface area contributed by atoms with Crippen LogP contribution in [0.5, 0.6) is 0 Å². The van der Waals surface area contributed by atoms with Crippen molar-refractivity contribution < 1.29 is 14.7 Å². The SMILES string of the molecule is Cc1nc(-c2ccccc2)c(C(=O)NC2CCC(C(=O)O)CC2)s1. The molecule has 0 radical (unpaired) electrons. The van der Waals surface area contributed by atoms with Crippen molar-refractivity contribution in [3.8, 4) is 11.3 Å². The number of rotatable bonds is 4. The second-order valence-corrected chi connectivity index (χ2v) is 7.34. The summed E-state index contributed by atoms with van der Waals surface area (Å²) in [5.41, 5.74) is 1.65. The fourth-order valence-corrected chi connectivity index (χ4v) is 3.95. The Bertz CT molecular complexity index is 734. The van der Waals surface area contributed by atoms with E-state index in [1.807, 2.05) is 37.3 Å². The zero-order chi connectivity index (χ0) is 17.1. The number of carboxylic acids is 1. The van der Waals surface area contributed by atoms with Crippen LogP contribution >= 0.6 is 11.3 Å². The first-order valence-corrected chi connectivity index (χ1v) is 8.92. The minimum absolute atomic E-state index is 0.0409. The molecule has 3 rings (SSSR count). The highest BCUT2D eigenvalue weighted by molar-refractivity contribution is 7.14. The molecule has 1 fully saturated rings. The predicted molar refractivity (Wildman–Crippen MR) is 93.1 cm³/mol. The first kappa shape index (κ1) is 16.6. The van der Waals surface area contributed by atoms with Gasteiger partial charge in [0.1, 0.15) is 4.88 Å². The third-order valence-electron chi connectivity index (χ3n) is 4.40. The number of hydrogen-bond donors (Lipinski definition) is 2. The molecule has 0 unspecified atom stereocenters. The van der Waals surface area contributed by atoms with Gasteiger partial charge in [-0.1, -0.05) is 30.3 Å². The molecule has 1 heterocycles. The Labute approximate surface area is 144 Å². The molecule has 0 bridgehead atoms. The monoisotopic (exact) mass is 344 g/mol. The number of nitrogens with zero attached hydrogens (tertiary/aromatic N) is 1. The average Bonchev–Trinajstić information content (AvgIpc) is 2.98. The second kappa shape index (κ2) is 7.13. The lowest BCUT2D eigenvalue weighted by atomic mass is 9.86. The molecule has 1 aromatic heterocycles. The summed E-state index contributed by atoms with van der Waals surface area (Å²) in [6.07, 6.45) is 2.66. The second-order valence-electron chi connectivity index (χ2n) is 6.14. The van der Waals surface area contributed by atoms with E-state index in [2.05, 4.69) is 10.3 Å². The van der Waals surface area contributed by atoms with Crippen LogP contribution in [0.3, 0.4) is 0 Å². The molecule has 0 atom stereocenters. The standard InChI is InChI=1S/C18H20N2O3S/c1-11-19-15(12-5-3-2-4-6-12)16(24-11)17(21)20-14-9-7-13(8-10-14)18(22)23/h2-6,13-14H,7-10H2,1H3,(H,20,21)(H,22,23). The summed E-state index contributed by atoms with van der Waals surface area (Å²) in [6.45, 7) is 1.89. The average molecular weight is 344 g/mol. The molecule has 0 saturated heterocycles. The topological polar surface area (TPSA) is 79.3 Å². The zero-order valence-electron chi connectivity index (χ0n) is 13.5. The summed E-state index contributed by atoms with van der Waals surface area (Å²) < 4.78 is 0. The number of hydrogen-bond acceptors (Lipinski definition) is 4. The highest BCUT2D eigenvalue weighted by Gasteiger charge is 2.28. The van der Waals surface area contributed by atoms with Gasteiger partial charge in [-0.2, -0.15) is 0 Å². The number of aryl methyl sites for hydroxylation is 1. The Morgan fingerprint density at radius 3 is 2.46 bits per heavy atom. The van der Waals surface area contributed by atoms with Crippen molar-refractivity contribution in [3.05, 3.63) is 40.2 Å². The molecule has 5 nitrogen and oxygen atoms in total. The van der Waals surface area contributed by atoms with Crippen molar-refractivity contribution in [2.24, 2.45) is 5.92 Å². The lowest BCUT2D eigenvalue weighted by molar-refractivity contribution is -0.142. The maximum atomic E-state index is 12.7. The van der Waals surface area contributed by atoms with E-state index in [1.54, 1.807) is 0 Å². The van der Waals surface area contributed by atoms with Gasteiger partial charge >= 0.3 is 5.97 Å². The third kappa shape index (κ3) is 3.64. The number of thiazole rings is 1. The van der Waals surface area contributed by atoms with Gasteiger partial charge in [0.25, 0.3) is 5.91 Å². The molecule has 2 aromatic rings. The smallest absolute Gasteiger partial charge is 0.306 e. The van der Waals surface area contributed by atoms with Crippen molar-refractivity contribution in [3.63, 3.8) is 0 Å². The number of aromatic nitrogens is 1. The van der Waals surface area contributed by atoms with Crippen molar-refractivity contribution in [1.82, 2.24) is 10.3 Å². The molecule has 0 aliphatic heterocycles. The highest BCUT2D eigenvalue weighted by atomic mass is 32.1. The van der Waals surface area contributed by atoms with Crippen LogP contribution in [-0.4, -0.2) is 28.0 Å². The van der Waals surface area contributed by atoms with Crippen LogP contribution in [0.4, 0.5) is 0 Å². The van der Waals surface area contributed by atoms with Crippen molar-refractivity contribution >= 4 is 23.2 Å². The Morgan fingerprint density at radius 2 is 1.83 bits per heavy atom. The Balaban J connectivity index is 1.71. The fourth-order valence-electron chi connectivity index (χ4n) is 3.11. The van der Waals surface area contributed by atoms with Crippen molar-refractivity contribution in [2.45, 2.75) is 38.6 Å². The Hall–Kier alpha value is -2.21. The number of carbonyl (C=O) groups is 2. The van der Waals surface area contributed by atoms with Crippen molar-refractivity contribution in [1.29, 1.82) is 0 Å². The van der Waals surface area contributed by atoms with E-state index < -0.39 is 5.97 Å². The van der Waals surface area contributed by atoms with Crippen LogP contribution < -0.4 is 5.32 Å². The maximum absolute atomic E-state index is 12.7. The Morgan fingerprint density at radius 1 is 1.17 bits per heavy atom. The summed E-state index contributed by atoms with van der Waals surface area (Å²) in [4.78, 5) is 28.8. The summed E-state index contributed by atoms with van der Waals surface area (Å²) in [5, 5.41) is 13.0. The number of nitrogens with one attached hydrogen (secondary N) is 1. The Kier molecular flexibility index (Phi) is 4.94. The number of carboxylic acid groups (broad SMARTS) is 1. The van der Waals surface area contributed by atoms with Crippen LogP contribution in [0.25, 0.3) is 11.3 Å². The van der Waals surface area contributed by atoms with Crippen molar-refractivity contribution in [2.75, 3.05) is 0 Å². The van der Waals surface area contributed by atoms with E-state index in [4.69, 9.17) is 5.11 Å². The van der Waals surface area contributed by atoms with Gasteiger partial charge in [0, 0.05) is 11.6 Å². The van der Waals surface area contributed by atoms with Crippen LogP contribution in [0.2, 0.25) is 0 Å². The third-order valence-corrected chi connectivity index (χ3v) is 5.37. The van der Waals surface area contributed by atoms with E-state index in [1.165, 1.54) is 11.3 Å². The molecule has 2 N–H and O–H groups in total. The predicted octanol–water partition coefficient (Wildman–Crippen LogP) is 3.49. The van der Waals surface area contributed by atoms with Crippen LogP contribution in [0.1, 0.15) is 40.4 Å². The van der Waals surface area contributed by atoms with Gasteiger partial charge in [-0.05, 0) is 32.6 Å². The molecular weight excluding hydrogens is 324 g/mol. The van der Waals surface area contributed by atoms with E-state index in [-0.39, 0.29) is 17.9 Å². The molecule has 1 aromatic carbocycles. The van der Waals surface area contributed by atoms with E-state index in [0.29, 0.717) is 30.6 Å². The van der Waals surface area contributed by atoms with Gasteiger partial charge in [-0.25, -0.2) is 4.98 Å². The molecule has 1 saturated carbocycles. The van der Waals surface area contributed by atoms with Crippen LogP contribution in [0, 0.1) is 12.8 Å². The van der Waals surface area contributed by atoms with Gasteiger partial charge < -0.3 is 10.4 Å². The molecular formula is C18H20N2O3S. The highest BCUT2D eigenvalue weighted by Crippen LogP contribution is 2.29. The van der Waals surface area contributed by atoms with E-state index in [9.17, 15) is 9.59 Å². The first-order chi connectivity index (χ1) is 11.5. The quantitative estimate of drug-likeness (QED) is 0.890. The molecule has 0 spiro atoms. The fraction of sp³-hybridized carbons (Fsp3) is 0.389. The van der Waals surface area contributed by atoms with Gasteiger partial charge in [-0.3, -0.25) is 9.59 Å². The number of benzene rings is 1. The van der Waals surface area contributed by atoms with Crippen LogP contribution in [0.15, 0.2) is 30.3 Å². The molecule has 1 amide bonds. The number of carbonyl (C=O) groups excluding carboxylic acids is 1. The first-order valence-electron chi connectivity index (χ1n) is 8.11. The van der Waals surface area contributed by atoms with E-state index in [0.717, 1.165) is 16.3 Å². The largest absolute Gasteiger partial charge is 0.481 e. The molecule has 126 valence electrons. The summed E-state index contributed by atoms with van der Waals surface area (Å²) >= 11 is 1.39. The van der Waals surface area contributed by atoms with E-state index >= 15 is 0 Å². The van der Waals surface area contributed by atoms with Gasteiger partial charge in [0.05, 0.1) is 16.6 Å².